The topological polar surface area (TPSA) is 98.9 Å². The first-order valence-corrected chi connectivity index (χ1v) is 7.72. The predicted molar refractivity (Wildman–Crippen MR) is 83.7 cm³/mol. The molecule has 7 nitrogen and oxygen atoms in total. The Morgan fingerprint density at radius 3 is 2.64 bits per heavy atom. The minimum atomic E-state index is -0.667. The number of hydrogen-bond donors (Lipinski definition) is 2. The van der Waals surface area contributed by atoms with Gasteiger partial charge in [0, 0.05) is 13.1 Å². The van der Waals surface area contributed by atoms with Crippen LogP contribution >= 0.6 is 11.8 Å². The van der Waals surface area contributed by atoms with Gasteiger partial charge in [-0.15, -0.1) is 0 Å². The van der Waals surface area contributed by atoms with Crippen molar-refractivity contribution in [2.75, 3.05) is 12.3 Å². The van der Waals surface area contributed by atoms with Crippen molar-refractivity contribution in [1.82, 2.24) is 20.1 Å². The van der Waals surface area contributed by atoms with Gasteiger partial charge in [-0.05, 0) is 12.5 Å². The van der Waals surface area contributed by atoms with E-state index in [0.717, 1.165) is 17.3 Å². The van der Waals surface area contributed by atoms with Crippen LogP contribution in [0.2, 0.25) is 0 Å². The van der Waals surface area contributed by atoms with Gasteiger partial charge in [0.05, 0.1) is 5.75 Å². The summed E-state index contributed by atoms with van der Waals surface area (Å²) in [6.45, 7) is 2.99. The molecule has 0 saturated carbocycles. The van der Waals surface area contributed by atoms with E-state index < -0.39 is 11.2 Å². The molecule has 1 aromatic carbocycles. The zero-order valence-corrected chi connectivity index (χ0v) is 12.9. The van der Waals surface area contributed by atoms with E-state index >= 15 is 0 Å². The van der Waals surface area contributed by atoms with Gasteiger partial charge in [-0.1, -0.05) is 42.1 Å². The summed E-state index contributed by atoms with van der Waals surface area (Å²) in [5.74, 6) is -0.00764. The first-order chi connectivity index (χ1) is 10.6. The zero-order chi connectivity index (χ0) is 15.9. The lowest BCUT2D eigenvalue weighted by Crippen LogP contribution is -2.32. The van der Waals surface area contributed by atoms with E-state index in [1.54, 1.807) is 4.90 Å². The van der Waals surface area contributed by atoms with Crippen molar-refractivity contribution in [1.29, 1.82) is 0 Å². The van der Waals surface area contributed by atoms with E-state index in [1.807, 2.05) is 37.3 Å². The average Bonchev–Trinajstić information content (AvgIpc) is 2.52. The van der Waals surface area contributed by atoms with Gasteiger partial charge < -0.3 is 4.90 Å². The third-order valence-corrected chi connectivity index (χ3v) is 3.90. The van der Waals surface area contributed by atoms with Crippen molar-refractivity contribution in [3.8, 4) is 0 Å². The molecule has 8 heteroatoms. The highest BCUT2D eigenvalue weighted by Gasteiger charge is 2.14. The van der Waals surface area contributed by atoms with Crippen LogP contribution < -0.4 is 11.2 Å². The number of benzene rings is 1. The number of thioether (sulfide) groups is 1. The molecule has 0 aliphatic carbocycles. The number of nitrogens with one attached hydrogen (secondary N) is 2. The van der Waals surface area contributed by atoms with Gasteiger partial charge in [-0.2, -0.15) is 5.10 Å². The summed E-state index contributed by atoms with van der Waals surface area (Å²) in [6.07, 6.45) is 0. The third kappa shape index (κ3) is 4.32. The molecule has 0 unspecified atom stereocenters. The molecule has 1 amide bonds. The number of carbonyl (C=O) groups excluding carboxylic acids is 1. The summed E-state index contributed by atoms with van der Waals surface area (Å²) >= 11 is 1.00. The molecule has 22 heavy (non-hydrogen) atoms. The smallest absolute Gasteiger partial charge is 0.338 e. The normalized spacial score (nSPS) is 10.4. The molecule has 1 heterocycles. The molecule has 0 aliphatic rings. The summed E-state index contributed by atoms with van der Waals surface area (Å²) in [5, 5.41) is 5.84. The molecule has 0 radical (unpaired) electrons. The summed E-state index contributed by atoms with van der Waals surface area (Å²) in [4.78, 5) is 38.4. The highest BCUT2D eigenvalue weighted by Crippen LogP contribution is 2.11. The van der Waals surface area contributed by atoms with Crippen LogP contribution in [0.5, 0.6) is 0 Å². The molecule has 2 rings (SSSR count). The molecule has 0 atom stereocenters. The second kappa shape index (κ2) is 7.60. The molecule has 0 bridgehead atoms. The molecule has 0 spiro atoms. The van der Waals surface area contributed by atoms with Crippen LogP contribution in [-0.4, -0.2) is 38.3 Å². The molecule has 2 N–H and O–H groups in total. The Kier molecular flexibility index (Phi) is 5.54. The average molecular weight is 320 g/mol. The third-order valence-electron chi connectivity index (χ3n) is 2.96. The van der Waals surface area contributed by atoms with Crippen LogP contribution in [0.1, 0.15) is 12.5 Å². The summed E-state index contributed by atoms with van der Waals surface area (Å²) in [5.41, 5.74) is -0.213. The fraction of sp³-hybridized carbons (Fsp3) is 0.286. The molecule has 0 fully saturated rings. The number of nitrogens with zero attached hydrogens (tertiary/aromatic N) is 2. The molecule has 116 valence electrons. The van der Waals surface area contributed by atoms with Gasteiger partial charge in [0.2, 0.25) is 5.91 Å². The maximum absolute atomic E-state index is 12.2. The second-order valence-electron chi connectivity index (χ2n) is 4.49. The monoisotopic (exact) mass is 320 g/mol. The van der Waals surface area contributed by atoms with Crippen molar-refractivity contribution in [2.24, 2.45) is 0 Å². The maximum Gasteiger partial charge on any atom is 0.342 e. The zero-order valence-electron chi connectivity index (χ0n) is 12.0. The number of rotatable bonds is 6. The molecule has 0 aliphatic heterocycles. The van der Waals surface area contributed by atoms with Crippen molar-refractivity contribution < 1.29 is 4.79 Å². The number of amides is 1. The number of aromatic nitrogens is 3. The highest BCUT2D eigenvalue weighted by molar-refractivity contribution is 7.99. The number of carbonyl (C=O) groups is 1. The summed E-state index contributed by atoms with van der Waals surface area (Å²) in [7, 11) is 0. The van der Waals surface area contributed by atoms with Gasteiger partial charge in [0.1, 0.15) is 0 Å². The van der Waals surface area contributed by atoms with Crippen LogP contribution in [0.25, 0.3) is 0 Å². The van der Waals surface area contributed by atoms with Crippen molar-refractivity contribution >= 4 is 17.7 Å². The van der Waals surface area contributed by atoms with E-state index in [4.69, 9.17) is 0 Å². The number of hydrogen-bond acceptors (Lipinski definition) is 5. The van der Waals surface area contributed by atoms with Crippen LogP contribution in [-0.2, 0) is 11.3 Å². The summed E-state index contributed by atoms with van der Waals surface area (Å²) < 4.78 is 0. The van der Waals surface area contributed by atoms with Crippen LogP contribution in [0.3, 0.4) is 0 Å². The van der Waals surface area contributed by atoms with Crippen LogP contribution in [0.4, 0.5) is 0 Å². The Morgan fingerprint density at radius 1 is 1.27 bits per heavy atom. The molecular weight excluding hydrogens is 304 g/mol. The Labute approximate surface area is 130 Å². The Balaban J connectivity index is 1.97. The van der Waals surface area contributed by atoms with Gasteiger partial charge in [-0.25, -0.2) is 9.89 Å². The van der Waals surface area contributed by atoms with Gasteiger partial charge in [-0.3, -0.25) is 14.6 Å². The minimum Gasteiger partial charge on any atom is -0.338 e. The maximum atomic E-state index is 12.2. The van der Waals surface area contributed by atoms with E-state index in [9.17, 15) is 14.4 Å². The van der Waals surface area contributed by atoms with Crippen LogP contribution in [0, 0.1) is 0 Å². The van der Waals surface area contributed by atoms with Gasteiger partial charge >= 0.3 is 5.69 Å². The van der Waals surface area contributed by atoms with Crippen molar-refractivity contribution in [3.05, 3.63) is 56.7 Å². The van der Waals surface area contributed by atoms with Crippen LogP contribution in [0.15, 0.2) is 44.9 Å². The summed E-state index contributed by atoms with van der Waals surface area (Å²) in [6, 6.07) is 9.68. The standard InChI is InChI=1S/C14H16N4O3S/c1-2-18(8-10-6-4-3-5-7-10)11(19)9-22-13-12(20)15-14(21)17-16-13/h3-7H,2,8-9H2,1H3,(H2,15,17,20,21). The lowest BCUT2D eigenvalue weighted by atomic mass is 10.2. The van der Waals surface area contributed by atoms with Crippen molar-refractivity contribution in [3.63, 3.8) is 0 Å². The van der Waals surface area contributed by atoms with Gasteiger partial charge in [0.15, 0.2) is 5.03 Å². The predicted octanol–water partition coefficient (Wildman–Crippen LogP) is 0.599. The Morgan fingerprint density at radius 2 is 2.00 bits per heavy atom. The number of H-pyrrole nitrogens is 2. The fourth-order valence-electron chi connectivity index (χ4n) is 1.84. The van der Waals surface area contributed by atoms with E-state index in [-0.39, 0.29) is 16.7 Å². The van der Waals surface area contributed by atoms with E-state index in [0.29, 0.717) is 13.1 Å². The number of aromatic amines is 2. The first kappa shape index (κ1) is 16.0. The highest BCUT2D eigenvalue weighted by atomic mass is 32.2. The lowest BCUT2D eigenvalue weighted by molar-refractivity contribution is -0.128. The minimum absolute atomic E-state index is 0.0729. The van der Waals surface area contributed by atoms with E-state index in [1.165, 1.54) is 0 Å². The Bertz CT molecular complexity index is 741. The Hall–Kier alpha value is -2.35. The largest absolute Gasteiger partial charge is 0.342 e. The molecule has 1 aromatic heterocycles. The van der Waals surface area contributed by atoms with E-state index in [2.05, 4.69) is 15.2 Å². The SMILES string of the molecule is CCN(Cc1ccccc1)C(=O)CSc1n[nH]c(=O)[nH]c1=O. The van der Waals surface area contributed by atoms with Crippen molar-refractivity contribution in [2.45, 2.75) is 18.5 Å². The molecule has 0 saturated heterocycles. The molecule has 2 aromatic rings. The quantitative estimate of drug-likeness (QED) is 0.759. The lowest BCUT2D eigenvalue weighted by Gasteiger charge is -2.20. The first-order valence-electron chi connectivity index (χ1n) is 6.73. The fourth-order valence-corrected chi connectivity index (χ4v) is 2.57. The molecular formula is C14H16N4O3S. The van der Waals surface area contributed by atoms with Gasteiger partial charge in [0.25, 0.3) is 5.56 Å². The second-order valence-corrected chi connectivity index (χ2v) is 5.46.